The van der Waals surface area contributed by atoms with Gasteiger partial charge in [-0.2, -0.15) is 8.78 Å². The van der Waals surface area contributed by atoms with Crippen LogP contribution in [0.25, 0.3) is 0 Å². The van der Waals surface area contributed by atoms with Crippen molar-refractivity contribution in [2.75, 3.05) is 5.32 Å². The molecule has 1 aliphatic heterocycles. The highest BCUT2D eigenvalue weighted by molar-refractivity contribution is 6.15. The number of cyclic esters (lactones) is 2. The maximum absolute atomic E-state index is 13.8. The monoisotopic (exact) mass is 429 g/mol. The van der Waals surface area contributed by atoms with Crippen molar-refractivity contribution in [1.82, 2.24) is 0 Å². The Morgan fingerprint density at radius 2 is 1.43 bits per heavy atom. The second-order valence-electron chi connectivity index (χ2n) is 6.41. The van der Waals surface area contributed by atoms with Gasteiger partial charge >= 0.3 is 11.9 Å². The second kappa shape index (κ2) is 7.65. The molecule has 2 aromatic carbocycles. The lowest BCUT2D eigenvalue weighted by Crippen LogP contribution is -2.42. The summed E-state index contributed by atoms with van der Waals surface area (Å²) in [4.78, 5) is 23.7. The molecule has 1 fully saturated rings. The van der Waals surface area contributed by atoms with E-state index in [4.69, 9.17) is 14.2 Å². The number of hydrogen-bond acceptors (Lipinski definition) is 6. The molecule has 0 amide bonds. The van der Waals surface area contributed by atoms with Gasteiger partial charge in [0.2, 0.25) is 34.8 Å². The van der Waals surface area contributed by atoms with Crippen LogP contribution in [0.5, 0.6) is 11.5 Å². The molecule has 0 spiro atoms. The molecule has 2 aromatic rings. The van der Waals surface area contributed by atoms with Gasteiger partial charge in [0.25, 0.3) is 5.79 Å². The summed E-state index contributed by atoms with van der Waals surface area (Å²) in [6.45, 7) is 2.74. The van der Waals surface area contributed by atoms with E-state index in [9.17, 15) is 31.5 Å². The number of anilines is 1. The lowest BCUT2D eigenvalue weighted by molar-refractivity contribution is -0.222. The number of benzene rings is 2. The summed E-state index contributed by atoms with van der Waals surface area (Å²) < 4.78 is 81.8. The van der Waals surface area contributed by atoms with E-state index >= 15 is 0 Å². The Bertz CT molecular complexity index is 1030. The highest BCUT2D eigenvalue weighted by Gasteiger charge is 2.39. The maximum atomic E-state index is 13.8. The minimum Gasteiger partial charge on any atom is -0.451 e. The van der Waals surface area contributed by atoms with Crippen LogP contribution in [-0.2, 0) is 19.1 Å². The van der Waals surface area contributed by atoms with Gasteiger partial charge in [0.1, 0.15) is 5.75 Å². The highest BCUT2D eigenvalue weighted by atomic mass is 19.2. The van der Waals surface area contributed by atoms with Crippen molar-refractivity contribution in [3.05, 3.63) is 65.1 Å². The summed E-state index contributed by atoms with van der Waals surface area (Å²) >= 11 is 0. The van der Waals surface area contributed by atoms with Crippen molar-refractivity contribution in [3.8, 4) is 11.5 Å². The molecule has 0 aliphatic carbocycles. The van der Waals surface area contributed by atoms with Crippen molar-refractivity contribution < 1.29 is 45.8 Å². The van der Waals surface area contributed by atoms with Crippen molar-refractivity contribution >= 4 is 17.6 Å². The lowest BCUT2D eigenvalue weighted by Gasteiger charge is -2.29. The van der Waals surface area contributed by atoms with Crippen molar-refractivity contribution in [1.29, 1.82) is 0 Å². The molecule has 11 heteroatoms. The fourth-order valence-corrected chi connectivity index (χ4v) is 2.38. The summed E-state index contributed by atoms with van der Waals surface area (Å²) in [6, 6.07) is 5.04. The number of nitrogens with one attached hydrogen (secondary N) is 1. The molecule has 3 rings (SSSR count). The van der Waals surface area contributed by atoms with Gasteiger partial charge in [0.05, 0.1) is 0 Å². The van der Waals surface area contributed by atoms with Crippen LogP contribution < -0.4 is 10.1 Å². The van der Waals surface area contributed by atoms with E-state index in [1.807, 2.05) is 0 Å². The number of ether oxygens (including phenoxy) is 3. The summed E-state index contributed by atoms with van der Waals surface area (Å²) in [5, 5.41) is 2.55. The van der Waals surface area contributed by atoms with Gasteiger partial charge in [-0.05, 0) is 12.1 Å². The van der Waals surface area contributed by atoms with Crippen LogP contribution >= 0.6 is 0 Å². The first kappa shape index (κ1) is 21.1. The lowest BCUT2D eigenvalue weighted by atomic mass is 10.2. The number of halogens is 5. The topological polar surface area (TPSA) is 73.9 Å². The minimum atomic E-state index is -2.31. The Morgan fingerprint density at radius 1 is 0.900 bits per heavy atom. The number of rotatable bonds is 4. The second-order valence-corrected chi connectivity index (χ2v) is 6.41. The first-order valence-corrected chi connectivity index (χ1v) is 8.23. The SMILES string of the molecule is CC1(C)OC(=O)C(=CNc2cccc(Oc3c(F)c(F)c(F)c(F)c3F)c2)C(=O)O1. The predicted molar refractivity (Wildman–Crippen MR) is 90.7 cm³/mol. The van der Waals surface area contributed by atoms with E-state index in [0.29, 0.717) is 0 Å². The Hall–Kier alpha value is -3.63. The standard InChI is InChI=1S/C19H12F5NO5/c1-19(2)29-17(26)10(18(27)30-19)7-25-8-4-3-5-9(6-8)28-16-14(23)12(21)11(20)13(22)15(16)24/h3-7,25H,1-2H3. The first-order valence-electron chi connectivity index (χ1n) is 8.23. The molecule has 0 bridgehead atoms. The number of esters is 2. The molecule has 0 atom stereocenters. The van der Waals surface area contributed by atoms with Crippen LogP contribution in [0.3, 0.4) is 0 Å². The molecule has 1 N–H and O–H groups in total. The van der Waals surface area contributed by atoms with Crippen LogP contribution in [0.2, 0.25) is 0 Å². The van der Waals surface area contributed by atoms with Gasteiger partial charge in [-0.15, -0.1) is 0 Å². The summed E-state index contributed by atoms with van der Waals surface area (Å²) in [5.74, 6) is -16.0. The van der Waals surface area contributed by atoms with Crippen molar-refractivity contribution in [2.45, 2.75) is 19.6 Å². The molecule has 0 saturated carbocycles. The minimum absolute atomic E-state index is 0.148. The van der Waals surface area contributed by atoms with Gasteiger partial charge in [-0.3, -0.25) is 0 Å². The van der Waals surface area contributed by atoms with Crippen LogP contribution in [0.4, 0.5) is 27.6 Å². The Kier molecular flexibility index (Phi) is 5.38. The fraction of sp³-hybridized carbons (Fsp3) is 0.158. The molecule has 158 valence electrons. The number of carbonyl (C=O) groups excluding carboxylic acids is 2. The quantitative estimate of drug-likeness (QED) is 0.195. The van der Waals surface area contributed by atoms with E-state index in [2.05, 4.69) is 5.32 Å². The fourth-order valence-electron chi connectivity index (χ4n) is 2.38. The molecular formula is C19H12F5NO5. The van der Waals surface area contributed by atoms with Gasteiger partial charge < -0.3 is 19.5 Å². The zero-order chi connectivity index (χ0) is 22.2. The van der Waals surface area contributed by atoms with E-state index in [-0.39, 0.29) is 11.4 Å². The molecular weight excluding hydrogens is 417 g/mol. The summed E-state index contributed by atoms with van der Waals surface area (Å²) in [6.07, 6.45) is 0.970. The molecule has 0 radical (unpaired) electrons. The third-order valence-electron chi connectivity index (χ3n) is 3.72. The molecule has 1 aliphatic rings. The van der Waals surface area contributed by atoms with Gasteiger partial charge in [0.15, 0.2) is 5.57 Å². The van der Waals surface area contributed by atoms with E-state index in [1.54, 1.807) is 0 Å². The average Bonchev–Trinajstić information content (AvgIpc) is 2.67. The van der Waals surface area contributed by atoms with Gasteiger partial charge in [-0.25, -0.2) is 22.8 Å². The highest BCUT2D eigenvalue weighted by Crippen LogP contribution is 2.33. The summed E-state index contributed by atoms with van der Waals surface area (Å²) in [7, 11) is 0. The molecule has 30 heavy (non-hydrogen) atoms. The number of carbonyl (C=O) groups is 2. The number of hydrogen-bond donors (Lipinski definition) is 1. The maximum Gasteiger partial charge on any atom is 0.350 e. The Morgan fingerprint density at radius 3 is 2.00 bits per heavy atom. The third-order valence-corrected chi connectivity index (χ3v) is 3.72. The third kappa shape index (κ3) is 4.04. The van der Waals surface area contributed by atoms with Crippen molar-refractivity contribution in [3.63, 3.8) is 0 Å². The zero-order valence-electron chi connectivity index (χ0n) is 15.3. The Labute approximate surface area is 165 Å². The predicted octanol–water partition coefficient (Wildman–Crippen LogP) is 4.31. The average molecular weight is 429 g/mol. The van der Waals surface area contributed by atoms with Gasteiger partial charge in [-0.1, -0.05) is 6.07 Å². The molecule has 1 heterocycles. The van der Waals surface area contributed by atoms with Crippen LogP contribution in [0.1, 0.15) is 13.8 Å². The Balaban J connectivity index is 1.83. The first-order chi connectivity index (χ1) is 14.0. The van der Waals surface area contributed by atoms with E-state index < -0.39 is 58.1 Å². The molecule has 6 nitrogen and oxygen atoms in total. The normalized spacial score (nSPS) is 15.4. The van der Waals surface area contributed by atoms with Crippen molar-refractivity contribution in [2.24, 2.45) is 0 Å². The van der Waals surface area contributed by atoms with E-state index in [0.717, 1.165) is 12.3 Å². The smallest absolute Gasteiger partial charge is 0.350 e. The summed E-state index contributed by atoms with van der Waals surface area (Å²) in [5.41, 5.74) is -0.310. The largest absolute Gasteiger partial charge is 0.451 e. The van der Waals surface area contributed by atoms with Gasteiger partial charge in [0, 0.05) is 31.8 Å². The molecule has 0 unspecified atom stereocenters. The van der Waals surface area contributed by atoms with Crippen LogP contribution in [0.15, 0.2) is 36.0 Å². The molecule has 0 aromatic heterocycles. The van der Waals surface area contributed by atoms with Crippen LogP contribution in [-0.4, -0.2) is 17.7 Å². The molecule has 1 saturated heterocycles. The van der Waals surface area contributed by atoms with Crippen LogP contribution in [0, 0.1) is 29.1 Å². The van der Waals surface area contributed by atoms with E-state index in [1.165, 1.54) is 32.0 Å². The zero-order valence-corrected chi connectivity index (χ0v) is 15.3.